The van der Waals surface area contributed by atoms with E-state index in [1.807, 2.05) is 61.5 Å². The van der Waals surface area contributed by atoms with Crippen molar-refractivity contribution >= 4 is 33.9 Å². The van der Waals surface area contributed by atoms with E-state index in [1.54, 1.807) is 6.08 Å². The SMILES string of the molecule is C[C@H](NC(=O)COC(=O)/C=C/c1ccccc1)c1ccccc1Br. The molecule has 0 aliphatic heterocycles. The van der Waals surface area contributed by atoms with E-state index in [1.165, 1.54) is 6.08 Å². The third kappa shape index (κ3) is 5.66. The minimum absolute atomic E-state index is 0.188. The fourth-order valence-corrected chi connectivity index (χ4v) is 2.73. The fourth-order valence-electron chi connectivity index (χ4n) is 2.10. The van der Waals surface area contributed by atoms with E-state index in [9.17, 15) is 9.59 Å². The largest absolute Gasteiger partial charge is 0.452 e. The molecular weight excluding hydrogens is 370 g/mol. The van der Waals surface area contributed by atoms with Crippen LogP contribution in [-0.2, 0) is 14.3 Å². The molecule has 0 aromatic heterocycles. The van der Waals surface area contributed by atoms with Gasteiger partial charge in [-0.1, -0.05) is 64.5 Å². The number of hydrogen-bond acceptors (Lipinski definition) is 3. The molecule has 1 N–H and O–H groups in total. The van der Waals surface area contributed by atoms with Gasteiger partial charge in [0.25, 0.3) is 5.91 Å². The van der Waals surface area contributed by atoms with Gasteiger partial charge in [-0.15, -0.1) is 0 Å². The van der Waals surface area contributed by atoms with Gasteiger partial charge in [-0.2, -0.15) is 0 Å². The highest BCUT2D eigenvalue weighted by Gasteiger charge is 2.12. The molecule has 4 nitrogen and oxygen atoms in total. The zero-order valence-corrected chi connectivity index (χ0v) is 14.8. The molecular formula is C19H18BrNO3. The van der Waals surface area contributed by atoms with Crippen LogP contribution >= 0.6 is 15.9 Å². The topological polar surface area (TPSA) is 55.4 Å². The van der Waals surface area contributed by atoms with E-state index in [-0.39, 0.29) is 18.6 Å². The highest BCUT2D eigenvalue weighted by Crippen LogP contribution is 2.22. The van der Waals surface area contributed by atoms with E-state index in [0.717, 1.165) is 15.6 Å². The fraction of sp³-hybridized carbons (Fsp3) is 0.158. The van der Waals surface area contributed by atoms with E-state index in [4.69, 9.17) is 4.74 Å². The van der Waals surface area contributed by atoms with Gasteiger partial charge < -0.3 is 10.1 Å². The van der Waals surface area contributed by atoms with Gasteiger partial charge in [0, 0.05) is 10.5 Å². The van der Waals surface area contributed by atoms with Gasteiger partial charge >= 0.3 is 5.97 Å². The molecule has 0 bridgehead atoms. The summed E-state index contributed by atoms with van der Waals surface area (Å²) in [4.78, 5) is 23.5. The maximum atomic E-state index is 11.9. The molecule has 2 aromatic rings. The zero-order valence-electron chi connectivity index (χ0n) is 13.2. The van der Waals surface area contributed by atoms with Crippen LogP contribution in [0.2, 0.25) is 0 Å². The Bertz CT molecular complexity index is 728. The molecule has 0 heterocycles. The number of halogens is 1. The number of carbonyl (C=O) groups is 2. The Morgan fingerprint density at radius 2 is 1.79 bits per heavy atom. The van der Waals surface area contributed by atoms with Crippen LogP contribution in [0.4, 0.5) is 0 Å². The summed E-state index contributed by atoms with van der Waals surface area (Å²) in [5.41, 5.74) is 1.85. The van der Waals surface area contributed by atoms with Crippen LogP contribution in [0.1, 0.15) is 24.1 Å². The van der Waals surface area contributed by atoms with Crippen molar-refractivity contribution in [2.45, 2.75) is 13.0 Å². The molecule has 0 fully saturated rings. The van der Waals surface area contributed by atoms with Gasteiger partial charge in [0.2, 0.25) is 0 Å². The molecule has 0 spiro atoms. The maximum Gasteiger partial charge on any atom is 0.331 e. The van der Waals surface area contributed by atoms with Gasteiger partial charge in [-0.25, -0.2) is 4.79 Å². The summed E-state index contributed by atoms with van der Waals surface area (Å²) < 4.78 is 5.86. The Labute approximate surface area is 149 Å². The van der Waals surface area contributed by atoms with Crippen LogP contribution in [0.5, 0.6) is 0 Å². The van der Waals surface area contributed by atoms with Crippen molar-refractivity contribution in [1.29, 1.82) is 0 Å². The lowest BCUT2D eigenvalue weighted by Crippen LogP contribution is -2.31. The summed E-state index contributed by atoms with van der Waals surface area (Å²) in [6.45, 7) is 1.56. The highest BCUT2D eigenvalue weighted by molar-refractivity contribution is 9.10. The minimum Gasteiger partial charge on any atom is -0.452 e. The van der Waals surface area contributed by atoms with Crippen LogP contribution in [0.15, 0.2) is 65.1 Å². The Morgan fingerprint density at radius 3 is 2.50 bits per heavy atom. The number of nitrogens with one attached hydrogen (secondary N) is 1. The Kier molecular flexibility index (Phi) is 6.75. The Balaban J connectivity index is 1.79. The Morgan fingerprint density at radius 1 is 1.12 bits per heavy atom. The second-order valence-corrected chi connectivity index (χ2v) is 6.02. The first-order valence-electron chi connectivity index (χ1n) is 7.50. The monoisotopic (exact) mass is 387 g/mol. The van der Waals surface area contributed by atoms with Crippen molar-refractivity contribution in [3.63, 3.8) is 0 Å². The number of carbonyl (C=O) groups excluding carboxylic acids is 2. The highest BCUT2D eigenvalue weighted by atomic mass is 79.9. The molecule has 24 heavy (non-hydrogen) atoms. The third-order valence-electron chi connectivity index (χ3n) is 3.31. The zero-order chi connectivity index (χ0) is 17.4. The number of amides is 1. The molecule has 124 valence electrons. The predicted octanol–water partition coefficient (Wildman–Crippen LogP) is 3.88. The van der Waals surface area contributed by atoms with Crippen molar-refractivity contribution in [3.8, 4) is 0 Å². The van der Waals surface area contributed by atoms with Crippen LogP contribution in [0, 0.1) is 0 Å². The van der Waals surface area contributed by atoms with E-state index < -0.39 is 5.97 Å². The minimum atomic E-state index is -0.553. The summed E-state index contributed by atoms with van der Waals surface area (Å²) in [5.74, 6) is -0.901. The molecule has 1 amide bonds. The number of rotatable bonds is 6. The lowest BCUT2D eigenvalue weighted by atomic mass is 10.1. The molecule has 1 atom stereocenters. The van der Waals surface area contributed by atoms with Crippen molar-refractivity contribution in [2.24, 2.45) is 0 Å². The molecule has 0 saturated heterocycles. The van der Waals surface area contributed by atoms with Crippen molar-refractivity contribution < 1.29 is 14.3 Å². The molecule has 0 saturated carbocycles. The van der Waals surface area contributed by atoms with Crippen LogP contribution in [-0.4, -0.2) is 18.5 Å². The molecule has 0 aliphatic rings. The first-order valence-corrected chi connectivity index (χ1v) is 8.29. The van der Waals surface area contributed by atoms with E-state index in [2.05, 4.69) is 21.2 Å². The van der Waals surface area contributed by atoms with Crippen LogP contribution < -0.4 is 5.32 Å². The van der Waals surface area contributed by atoms with Gasteiger partial charge in [-0.05, 0) is 30.2 Å². The maximum absolute atomic E-state index is 11.9. The number of esters is 1. The lowest BCUT2D eigenvalue weighted by molar-refractivity contribution is -0.144. The summed E-state index contributed by atoms with van der Waals surface area (Å²) in [6, 6.07) is 16.8. The summed E-state index contributed by atoms with van der Waals surface area (Å²) in [6.07, 6.45) is 2.95. The van der Waals surface area contributed by atoms with Crippen molar-refractivity contribution in [1.82, 2.24) is 5.32 Å². The second-order valence-electron chi connectivity index (χ2n) is 5.16. The predicted molar refractivity (Wildman–Crippen MR) is 97.1 cm³/mol. The molecule has 2 aromatic carbocycles. The number of ether oxygens (including phenoxy) is 1. The van der Waals surface area contributed by atoms with Gasteiger partial charge in [0.1, 0.15) is 0 Å². The number of benzene rings is 2. The molecule has 0 radical (unpaired) electrons. The quantitative estimate of drug-likeness (QED) is 0.604. The lowest BCUT2D eigenvalue weighted by Gasteiger charge is -2.15. The summed E-state index contributed by atoms with van der Waals surface area (Å²) in [5, 5.41) is 2.80. The molecule has 5 heteroatoms. The second kappa shape index (κ2) is 9.03. The average Bonchev–Trinajstić information content (AvgIpc) is 2.59. The normalized spacial score (nSPS) is 11.9. The van der Waals surface area contributed by atoms with Crippen molar-refractivity contribution in [2.75, 3.05) is 6.61 Å². The average molecular weight is 388 g/mol. The number of hydrogen-bond donors (Lipinski definition) is 1. The Hall–Kier alpha value is -2.40. The third-order valence-corrected chi connectivity index (χ3v) is 4.03. The van der Waals surface area contributed by atoms with Crippen molar-refractivity contribution in [3.05, 3.63) is 76.3 Å². The van der Waals surface area contributed by atoms with Gasteiger partial charge in [0.05, 0.1) is 6.04 Å². The smallest absolute Gasteiger partial charge is 0.331 e. The van der Waals surface area contributed by atoms with Crippen LogP contribution in [0.25, 0.3) is 6.08 Å². The molecule has 2 rings (SSSR count). The van der Waals surface area contributed by atoms with Gasteiger partial charge in [-0.3, -0.25) is 4.79 Å². The summed E-state index contributed by atoms with van der Waals surface area (Å²) >= 11 is 3.45. The first kappa shape index (κ1) is 17.9. The standard InChI is InChI=1S/C19H18BrNO3/c1-14(16-9-5-6-10-17(16)20)21-18(22)13-24-19(23)12-11-15-7-3-2-4-8-15/h2-12,14H,13H2,1H3,(H,21,22)/b12-11+/t14-/m0/s1. The van der Waals surface area contributed by atoms with Gasteiger partial charge in [0.15, 0.2) is 6.61 Å². The van der Waals surface area contributed by atoms with E-state index in [0.29, 0.717) is 0 Å². The van der Waals surface area contributed by atoms with E-state index >= 15 is 0 Å². The molecule has 0 aliphatic carbocycles. The molecule has 0 unspecified atom stereocenters. The first-order chi connectivity index (χ1) is 11.6. The van der Waals surface area contributed by atoms with Crippen LogP contribution in [0.3, 0.4) is 0 Å². The summed E-state index contributed by atoms with van der Waals surface area (Å²) in [7, 11) is 0.